The van der Waals surface area contributed by atoms with Crippen molar-refractivity contribution < 1.29 is 18.0 Å². The van der Waals surface area contributed by atoms with E-state index in [2.05, 4.69) is 25.9 Å². The number of benzene rings is 1. The van der Waals surface area contributed by atoms with Gasteiger partial charge in [0.2, 0.25) is 0 Å². The summed E-state index contributed by atoms with van der Waals surface area (Å²) in [5.74, 6) is 0.324. The summed E-state index contributed by atoms with van der Waals surface area (Å²) in [6.45, 7) is 1.31. The first-order chi connectivity index (χ1) is 14.8. The van der Waals surface area contributed by atoms with Crippen molar-refractivity contribution in [1.29, 1.82) is 0 Å². The van der Waals surface area contributed by atoms with Crippen LogP contribution in [0.1, 0.15) is 40.7 Å². The molecule has 1 aliphatic carbocycles. The molecule has 32 heavy (non-hydrogen) atoms. The van der Waals surface area contributed by atoms with Gasteiger partial charge in [0.05, 0.1) is 11.1 Å². The van der Waals surface area contributed by atoms with Crippen LogP contribution in [0.4, 0.5) is 13.2 Å². The predicted octanol–water partition coefficient (Wildman–Crippen LogP) is 3.74. The van der Waals surface area contributed by atoms with E-state index in [1.165, 1.54) is 18.3 Å². The molecule has 0 saturated heterocycles. The number of aliphatic imine (C=N–C) groups is 1. The molecule has 174 valence electrons. The lowest BCUT2D eigenvalue weighted by Crippen LogP contribution is -2.49. The quantitative estimate of drug-likeness (QED) is 0.209. The lowest BCUT2D eigenvalue weighted by molar-refractivity contribution is -0.137. The van der Waals surface area contributed by atoms with E-state index in [1.54, 1.807) is 31.4 Å². The normalized spacial score (nSPS) is 15.2. The van der Waals surface area contributed by atoms with Gasteiger partial charge in [0.15, 0.2) is 5.96 Å². The Balaban J connectivity index is 0.00000363. The summed E-state index contributed by atoms with van der Waals surface area (Å²) in [6, 6.07) is 8.97. The standard InChI is InChI=1S/C22H26F3N5O.HI/c1-26-20(29-12-11-28-19(31)16-5-3-10-27-14-16)30-15-21(8-4-9-21)17-6-2-7-18(13-17)22(23,24)25;/h2-3,5-7,10,13-14H,4,8-9,11-12,15H2,1H3,(H,28,31)(H2,26,29,30);1H. The predicted molar refractivity (Wildman–Crippen MR) is 128 cm³/mol. The minimum Gasteiger partial charge on any atom is -0.356 e. The highest BCUT2D eigenvalue weighted by atomic mass is 127. The Morgan fingerprint density at radius 2 is 1.88 bits per heavy atom. The molecule has 1 heterocycles. The van der Waals surface area contributed by atoms with Crippen molar-refractivity contribution in [2.24, 2.45) is 4.99 Å². The van der Waals surface area contributed by atoms with Crippen LogP contribution in [0.25, 0.3) is 0 Å². The topological polar surface area (TPSA) is 78.4 Å². The van der Waals surface area contributed by atoms with Crippen LogP contribution >= 0.6 is 24.0 Å². The zero-order valence-corrected chi connectivity index (χ0v) is 20.0. The Morgan fingerprint density at radius 3 is 2.47 bits per heavy atom. The molecular formula is C22H27F3IN5O. The number of nitrogens with one attached hydrogen (secondary N) is 3. The second-order valence-corrected chi connectivity index (χ2v) is 7.56. The summed E-state index contributed by atoms with van der Waals surface area (Å²) in [7, 11) is 1.63. The number of amides is 1. The van der Waals surface area contributed by atoms with Gasteiger partial charge in [-0.2, -0.15) is 13.2 Å². The van der Waals surface area contributed by atoms with Crippen molar-refractivity contribution >= 4 is 35.8 Å². The zero-order chi connectivity index (χ0) is 22.3. The molecule has 6 nitrogen and oxygen atoms in total. The highest BCUT2D eigenvalue weighted by molar-refractivity contribution is 14.0. The fourth-order valence-corrected chi connectivity index (χ4v) is 3.63. The number of nitrogens with zero attached hydrogens (tertiary/aromatic N) is 2. The number of carbonyl (C=O) groups excluding carboxylic acids is 1. The zero-order valence-electron chi connectivity index (χ0n) is 17.7. The highest BCUT2D eigenvalue weighted by Crippen LogP contribution is 2.44. The molecule has 10 heteroatoms. The largest absolute Gasteiger partial charge is 0.416 e. The molecule has 3 N–H and O–H groups in total. The van der Waals surface area contributed by atoms with Gasteiger partial charge in [0, 0.05) is 44.5 Å². The molecular weight excluding hydrogens is 534 g/mol. The van der Waals surface area contributed by atoms with E-state index in [0.29, 0.717) is 36.7 Å². The second kappa shape index (κ2) is 11.5. The molecule has 1 aliphatic rings. The fourth-order valence-electron chi connectivity index (χ4n) is 3.63. The summed E-state index contributed by atoms with van der Waals surface area (Å²) in [4.78, 5) is 20.1. The lowest BCUT2D eigenvalue weighted by Gasteiger charge is -2.43. The van der Waals surface area contributed by atoms with E-state index in [1.807, 2.05) is 0 Å². The van der Waals surface area contributed by atoms with Gasteiger partial charge in [-0.3, -0.25) is 14.8 Å². The van der Waals surface area contributed by atoms with Gasteiger partial charge in [0.1, 0.15) is 0 Å². The van der Waals surface area contributed by atoms with Crippen LogP contribution < -0.4 is 16.0 Å². The third kappa shape index (κ3) is 6.57. The van der Waals surface area contributed by atoms with Crippen molar-refractivity contribution in [3.05, 3.63) is 65.5 Å². The van der Waals surface area contributed by atoms with Crippen molar-refractivity contribution in [1.82, 2.24) is 20.9 Å². The summed E-state index contributed by atoms with van der Waals surface area (Å²) in [6.07, 6.45) is 1.35. The number of pyridine rings is 1. The third-order valence-electron chi connectivity index (χ3n) is 5.56. The Labute approximate surface area is 202 Å². The number of alkyl halides is 3. The smallest absolute Gasteiger partial charge is 0.356 e. The number of rotatable bonds is 7. The van der Waals surface area contributed by atoms with Gasteiger partial charge in [-0.05, 0) is 36.6 Å². The van der Waals surface area contributed by atoms with Crippen LogP contribution in [0.2, 0.25) is 0 Å². The van der Waals surface area contributed by atoms with E-state index in [9.17, 15) is 18.0 Å². The first-order valence-electron chi connectivity index (χ1n) is 10.1. The summed E-state index contributed by atoms with van der Waals surface area (Å²) < 4.78 is 39.3. The molecule has 1 aromatic carbocycles. The maximum Gasteiger partial charge on any atom is 0.416 e. The molecule has 0 unspecified atom stereocenters. The van der Waals surface area contributed by atoms with Gasteiger partial charge in [0.25, 0.3) is 5.91 Å². The number of guanidine groups is 1. The SMILES string of the molecule is CN=C(NCCNC(=O)c1cccnc1)NCC1(c2cccc(C(F)(F)F)c2)CCC1.I. The lowest BCUT2D eigenvalue weighted by atomic mass is 9.64. The Bertz CT molecular complexity index is 917. The van der Waals surface area contributed by atoms with Crippen LogP contribution in [0, 0.1) is 0 Å². The summed E-state index contributed by atoms with van der Waals surface area (Å²) >= 11 is 0. The number of halogens is 4. The van der Waals surface area contributed by atoms with E-state index in [0.717, 1.165) is 25.3 Å². The Morgan fingerprint density at radius 1 is 1.12 bits per heavy atom. The number of aromatic nitrogens is 1. The van der Waals surface area contributed by atoms with Crippen LogP contribution in [0.15, 0.2) is 53.8 Å². The summed E-state index contributed by atoms with van der Waals surface area (Å²) in [5, 5.41) is 9.12. The first kappa shape index (κ1) is 25.9. The molecule has 0 spiro atoms. The molecule has 0 aliphatic heterocycles. The van der Waals surface area contributed by atoms with Crippen LogP contribution in [-0.4, -0.2) is 43.5 Å². The number of hydrogen-bond donors (Lipinski definition) is 3. The highest BCUT2D eigenvalue weighted by Gasteiger charge is 2.40. The summed E-state index contributed by atoms with van der Waals surface area (Å²) in [5.41, 5.74) is 0.217. The Kier molecular flexibility index (Phi) is 9.29. The van der Waals surface area contributed by atoms with E-state index in [-0.39, 0.29) is 35.3 Å². The van der Waals surface area contributed by atoms with Gasteiger partial charge >= 0.3 is 6.18 Å². The Hall–Kier alpha value is -2.37. The molecule has 1 fully saturated rings. The second-order valence-electron chi connectivity index (χ2n) is 7.56. The third-order valence-corrected chi connectivity index (χ3v) is 5.56. The van der Waals surface area contributed by atoms with E-state index >= 15 is 0 Å². The molecule has 1 aromatic heterocycles. The maximum atomic E-state index is 13.1. The first-order valence-corrected chi connectivity index (χ1v) is 10.1. The van der Waals surface area contributed by atoms with Gasteiger partial charge in [-0.25, -0.2) is 0 Å². The molecule has 1 saturated carbocycles. The molecule has 2 aromatic rings. The molecule has 0 atom stereocenters. The van der Waals surface area contributed by atoms with Gasteiger partial charge < -0.3 is 16.0 Å². The van der Waals surface area contributed by atoms with Crippen molar-refractivity contribution in [2.75, 3.05) is 26.7 Å². The molecule has 1 amide bonds. The van der Waals surface area contributed by atoms with Gasteiger partial charge in [-0.1, -0.05) is 24.6 Å². The van der Waals surface area contributed by atoms with Crippen LogP contribution in [0.5, 0.6) is 0 Å². The van der Waals surface area contributed by atoms with E-state index < -0.39 is 11.7 Å². The van der Waals surface area contributed by atoms with Gasteiger partial charge in [-0.15, -0.1) is 24.0 Å². The fraction of sp³-hybridized carbons (Fsp3) is 0.409. The van der Waals surface area contributed by atoms with Crippen LogP contribution in [0.3, 0.4) is 0 Å². The number of hydrogen-bond acceptors (Lipinski definition) is 3. The number of carbonyl (C=O) groups is 1. The molecule has 0 bridgehead atoms. The van der Waals surface area contributed by atoms with Crippen molar-refractivity contribution in [3.8, 4) is 0 Å². The minimum absolute atomic E-state index is 0. The van der Waals surface area contributed by atoms with E-state index in [4.69, 9.17) is 0 Å². The monoisotopic (exact) mass is 561 g/mol. The minimum atomic E-state index is -4.35. The van der Waals surface area contributed by atoms with Crippen LogP contribution in [-0.2, 0) is 11.6 Å². The average molecular weight is 561 g/mol. The van der Waals surface area contributed by atoms with Crippen molar-refractivity contribution in [3.63, 3.8) is 0 Å². The molecule has 3 rings (SSSR count). The molecule has 0 radical (unpaired) electrons. The maximum absolute atomic E-state index is 13.1. The average Bonchev–Trinajstić information content (AvgIpc) is 2.74. The van der Waals surface area contributed by atoms with Crippen molar-refractivity contribution in [2.45, 2.75) is 30.9 Å².